The van der Waals surface area contributed by atoms with Crippen molar-refractivity contribution >= 4 is 34.2 Å². The summed E-state index contributed by atoms with van der Waals surface area (Å²) in [5.74, 6) is 0.875. The van der Waals surface area contributed by atoms with Crippen LogP contribution in [0.4, 0.5) is 5.82 Å². The maximum atomic E-state index is 5.17. The van der Waals surface area contributed by atoms with Gasteiger partial charge in [-0.2, -0.15) is 0 Å². The number of aliphatic imine (C=N–C) groups is 1. The third kappa shape index (κ3) is 2.77. The molecule has 0 amide bonds. The van der Waals surface area contributed by atoms with Gasteiger partial charge in [-0.25, -0.2) is 4.98 Å². The van der Waals surface area contributed by atoms with Crippen molar-refractivity contribution in [2.45, 2.75) is 19.1 Å². The normalized spacial score (nSPS) is 20.0. The monoisotopic (exact) mass is 354 g/mol. The number of nitrogens with one attached hydrogen (secondary N) is 2. The van der Waals surface area contributed by atoms with Crippen LogP contribution in [0.3, 0.4) is 0 Å². The van der Waals surface area contributed by atoms with E-state index in [1.54, 1.807) is 22.7 Å². The fourth-order valence-corrected chi connectivity index (χ4v) is 4.59. The van der Waals surface area contributed by atoms with Crippen molar-refractivity contribution in [3.63, 3.8) is 0 Å². The first-order valence-corrected chi connectivity index (χ1v) is 9.53. The van der Waals surface area contributed by atoms with Crippen LogP contribution in [0.25, 0.3) is 0 Å². The third-order valence-corrected chi connectivity index (χ3v) is 6.01. The Morgan fingerprint density at radius 2 is 2.08 bits per heavy atom. The zero-order valence-electron chi connectivity index (χ0n) is 13.5. The number of rotatable bonds is 3. The first-order chi connectivity index (χ1) is 11.8. The molecule has 24 heavy (non-hydrogen) atoms. The van der Waals surface area contributed by atoms with Gasteiger partial charge in [-0.3, -0.25) is 10.3 Å². The molecule has 0 radical (unpaired) electrons. The summed E-state index contributed by atoms with van der Waals surface area (Å²) in [6.45, 7) is 2.13. The number of hydrogen-bond acceptors (Lipinski definition) is 6. The van der Waals surface area contributed by atoms with Gasteiger partial charge in [-0.1, -0.05) is 6.07 Å². The van der Waals surface area contributed by atoms with Crippen LogP contribution in [-0.4, -0.2) is 23.9 Å². The lowest BCUT2D eigenvalue weighted by Gasteiger charge is -2.23. The van der Waals surface area contributed by atoms with Gasteiger partial charge in [0.1, 0.15) is 18.0 Å². The zero-order chi connectivity index (χ0) is 16.5. The summed E-state index contributed by atoms with van der Waals surface area (Å²) >= 11 is 3.51. The molecule has 0 saturated heterocycles. The molecule has 0 aromatic carbocycles. The van der Waals surface area contributed by atoms with Gasteiger partial charge >= 0.3 is 0 Å². The van der Waals surface area contributed by atoms with Gasteiger partial charge in [0.2, 0.25) is 0 Å². The Bertz CT molecular complexity index is 867. The van der Waals surface area contributed by atoms with Crippen molar-refractivity contribution < 1.29 is 0 Å². The Labute approximate surface area is 149 Å². The van der Waals surface area contributed by atoms with Crippen LogP contribution < -0.4 is 10.6 Å². The number of thiophene rings is 2. The number of anilines is 1. The van der Waals surface area contributed by atoms with E-state index in [1.807, 2.05) is 19.3 Å². The Morgan fingerprint density at radius 3 is 2.79 bits per heavy atom. The molecule has 2 atom stereocenters. The molecular formula is C18H18N4S2. The number of likely N-dealkylation sites (N-methyl/N-ethyl adjacent to an activating group) is 1. The van der Waals surface area contributed by atoms with E-state index >= 15 is 0 Å². The van der Waals surface area contributed by atoms with Gasteiger partial charge in [0, 0.05) is 21.5 Å². The second kappa shape index (κ2) is 6.47. The van der Waals surface area contributed by atoms with E-state index in [0.29, 0.717) is 0 Å². The van der Waals surface area contributed by atoms with Crippen molar-refractivity contribution in [1.29, 1.82) is 0 Å². The first-order valence-electron chi connectivity index (χ1n) is 7.83. The highest BCUT2D eigenvalue weighted by atomic mass is 32.1. The van der Waals surface area contributed by atoms with Crippen LogP contribution in [0.5, 0.6) is 0 Å². The number of aromatic nitrogens is 1. The van der Waals surface area contributed by atoms with Crippen LogP contribution in [0.15, 0.2) is 53.0 Å². The van der Waals surface area contributed by atoms with E-state index in [9.17, 15) is 0 Å². The van der Waals surface area contributed by atoms with E-state index in [-0.39, 0.29) is 12.2 Å². The van der Waals surface area contributed by atoms with Crippen molar-refractivity contribution in [3.05, 3.63) is 68.2 Å². The molecule has 0 fully saturated rings. The number of aryl methyl sites for hydroxylation is 1. The first kappa shape index (κ1) is 15.5. The zero-order valence-corrected chi connectivity index (χ0v) is 15.1. The predicted molar refractivity (Wildman–Crippen MR) is 102 cm³/mol. The van der Waals surface area contributed by atoms with E-state index in [1.165, 1.54) is 14.6 Å². The molecule has 4 nitrogen and oxygen atoms in total. The lowest BCUT2D eigenvalue weighted by molar-refractivity contribution is 0.529. The molecule has 1 aliphatic rings. The van der Waals surface area contributed by atoms with Crippen LogP contribution in [0.2, 0.25) is 0 Å². The van der Waals surface area contributed by atoms with Crippen molar-refractivity contribution in [2.24, 2.45) is 4.99 Å². The van der Waals surface area contributed by atoms with Crippen molar-refractivity contribution in [1.82, 2.24) is 10.3 Å². The highest BCUT2D eigenvalue weighted by Gasteiger charge is 2.29. The van der Waals surface area contributed by atoms with E-state index < -0.39 is 0 Å². The molecule has 4 rings (SSSR count). The molecule has 0 saturated carbocycles. The standard InChI is InChI=1S/C18H18N4S2/c1-11-7-8-14(24-11)16-18(19-2)22-17-12(5-3-9-20-17)15(21-16)13-6-4-10-23-13/h3-10,16,18-19H,1-2H3,(H,20,22). The van der Waals surface area contributed by atoms with Crippen molar-refractivity contribution in [2.75, 3.05) is 12.4 Å². The lowest BCUT2D eigenvalue weighted by atomic mass is 10.1. The van der Waals surface area contributed by atoms with Gasteiger partial charge in [0.15, 0.2) is 0 Å². The predicted octanol–water partition coefficient (Wildman–Crippen LogP) is 4.06. The highest BCUT2D eigenvalue weighted by molar-refractivity contribution is 7.12. The summed E-state index contributed by atoms with van der Waals surface area (Å²) in [7, 11) is 1.96. The molecule has 3 aromatic heterocycles. The maximum absolute atomic E-state index is 5.17. The van der Waals surface area contributed by atoms with Gasteiger partial charge in [-0.15, -0.1) is 22.7 Å². The maximum Gasteiger partial charge on any atom is 0.136 e. The number of nitrogens with zero attached hydrogens (tertiary/aromatic N) is 2. The summed E-state index contributed by atoms with van der Waals surface area (Å²) in [6.07, 6.45) is 1.81. The van der Waals surface area contributed by atoms with Gasteiger partial charge in [0.25, 0.3) is 0 Å². The molecule has 2 unspecified atom stereocenters. The summed E-state index contributed by atoms with van der Waals surface area (Å²) in [5.41, 5.74) is 2.06. The molecule has 0 aliphatic carbocycles. The summed E-state index contributed by atoms with van der Waals surface area (Å²) in [5, 5.41) is 8.98. The Kier molecular flexibility index (Phi) is 4.18. The topological polar surface area (TPSA) is 49.3 Å². The Hall–Kier alpha value is -2.02. The van der Waals surface area contributed by atoms with Gasteiger partial charge < -0.3 is 5.32 Å². The largest absolute Gasteiger partial charge is 0.352 e. The second-order valence-electron chi connectivity index (χ2n) is 5.66. The minimum atomic E-state index is -0.00541. The Balaban J connectivity index is 1.90. The second-order valence-corrected chi connectivity index (χ2v) is 7.93. The molecule has 0 spiro atoms. The average Bonchev–Trinajstić information content (AvgIpc) is 3.24. The number of fused-ring (bicyclic) bond motifs is 1. The smallest absolute Gasteiger partial charge is 0.136 e. The van der Waals surface area contributed by atoms with Crippen LogP contribution in [0, 0.1) is 6.92 Å². The summed E-state index contributed by atoms with van der Waals surface area (Å²) in [4.78, 5) is 13.4. The fourth-order valence-electron chi connectivity index (χ4n) is 2.90. The Morgan fingerprint density at radius 1 is 1.17 bits per heavy atom. The molecule has 3 aromatic rings. The van der Waals surface area contributed by atoms with E-state index in [4.69, 9.17) is 4.99 Å². The minimum absolute atomic E-state index is 0.000000000000000444. The van der Waals surface area contributed by atoms with Crippen molar-refractivity contribution in [3.8, 4) is 0 Å². The van der Waals surface area contributed by atoms with Crippen LogP contribution >= 0.6 is 22.7 Å². The SMILES string of the molecule is CNC1Nc2ncccc2C(c2cccs2)=NC1c1ccc(C)s1. The average molecular weight is 355 g/mol. The molecule has 6 heteroatoms. The number of pyridine rings is 1. The molecule has 0 bridgehead atoms. The van der Waals surface area contributed by atoms with E-state index in [0.717, 1.165) is 17.1 Å². The quantitative estimate of drug-likeness (QED) is 0.746. The minimum Gasteiger partial charge on any atom is -0.352 e. The molecule has 122 valence electrons. The molecule has 1 aliphatic heterocycles. The highest BCUT2D eigenvalue weighted by Crippen LogP contribution is 2.34. The van der Waals surface area contributed by atoms with Crippen LogP contribution in [-0.2, 0) is 0 Å². The third-order valence-electron chi connectivity index (χ3n) is 4.06. The summed E-state index contributed by atoms with van der Waals surface area (Å²) in [6, 6.07) is 12.6. The summed E-state index contributed by atoms with van der Waals surface area (Å²) < 4.78 is 0. The van der Waals surface area contributed by atoms with E-state index in [2.05, 4.69) is 58.3 Å². The van der Waals surface area contributed by atoms with Gasteiger partial charge in [0.05, 0.1) is 10.6 Å². The molecule has 4 heterocycles. The lowest BCUT2D eigenvalue weighted by Crippen LogP contribution is -2.38. The molecule has 2 N–H and O–H groups in total. The molecular weight excluding hydrogens is 336 g/mol. The fraction of sp³-hybridized carbons (Fsp3) is 0.222. The number of hydrogen-bond donors (Lipinski definition) is 2. The van der Waals surface area contributed by atoms with Gasteiger partial charge in [-0.05, 0) is 49.7 Å². The van der Waals surface area contributed by atoms with Crippen LogP contribution in [0.1, 0.15) is 26.2 Å².